The Kier molecular flexibility index (Phi) is 3.88. The molecule has 2 N–H and O–H groups in total. The fourth-order valence-corrected chi connectivity index (χ4v) is 2.59. The van der Waals surface area contributed by atoms with Gasteiger partial charge in [0.25, 0.3) is 0 Å². The van der Waals surface area contributed by atoms with Crippen LogP contribution in [-0.4, -0.2) is 14.8 Å². The van der Waals surface area contributed by atoms with Gasteiger partial charge in [0.1, 0.15) is 24.0 Å². The summed E-state index contributed by atoms with van der Waals surface area (Å²) in [7, 11) is 0. The number of ether oxygens (including phenoxy) is 1. The van der Waals surface area contributed by atoms with Crippen LogP contribution < -0.4 is 10.5 Å². The molecule has 1 aliphatic rings. The summed E-state index contributed by atoms with van der Waals surface area (Å²) in [5.74, 6) is 1.94. The second kappa shape index (κ2) is 5.81. The van der Waals surface area contributed by atoms with E-state index in [1.807, 2.05) is 0 Å². The Morgan fingerprint density at radius 2 is 2.24 bits per heavy atom. The molecule has 5 nitrogen and oxygen atoms in total. The summed E-state index contributed by atoms with van der Waals surface area (Å²) in [6.07, 6.45) is 3.25. The molecule has 1 aromatic heterocycles. The molecule has 2 heterocycles. The molecule has 0 fully saturated rings. The lowest BCUT2D eigenvalue weighted by Gasteiger charge is -2.15. The van der Waals surface area contributed by atoms with Gasteiger partial charge in [-0.25, -0.2) is 4.39 Å². The second-order valence-electron chi connectivity index (χ2n) is 5.40. The van der Waals surface area contributed by atoms with Crippen LogP contribution in [0.3, 0.4) is 0 Å². The maximum atomic E-state index is 13.8. The molecule has 1 aliphatic heterocycles. The zero-order valence-electron chi connectivity index (χ0n) is 12.1. The molecular weight excluding hydrogens is 271 g/mol. The lowest BCUT2D eigenvalue weighted by atomic mass is 10.1. The van der Waals surface area contributed by atoms with Crippen molar-refractivity contribution in [3.05, 3.63) is 41.2 Å². The van der Waals surface area contributed by atoms with Crippen molar-refractivity contribution >= 4 is 0 Å². The average Bonchev–Trinajstić information content (AvgIpc) is 2.88. The lowest BCUT2D eigenvalue weighted by molar-refractivity contribution is 0.284. The molecular formula is C15H19FN4O. The van der Waals surface area contributed by atoms with E-state index in [9.17, 15) is 4.39 Å². The Bertz CT molecular complexity index is 639. The molecule has 1 atom stereocenters. The summed E-state index contributed by atoms with van der Waals surface area (Å²) in [4.78, 5) is 0. The minimum atomic E-state index is -0.342. The number of aryl methyl sites for hydroxylation is 1. The third kappa shape index (κ3) is 2.90. The van der Waals surface area contributed by atoms with Gasteiger partial charge in [0.15, 0.2) is 5.82 Å². The van der Waals surface area contributed by atoms with E-state index < -0.39 is 0 Å². The number of halogens is 1. The molecule has 112 valence electrons. The van der Waals surface area contributed by atoms with Gasteiger partial charge in [-0.3, -0.25) is 0 Å². The molecule has 6 heteroatoms. The molecule has 0 aliphatic carbocycles. The van der Waals surface area contributed by atoms with Crippen LogP contribution in [0.15, 0.2) is 18.2 Å². The van der Waals surface area contributed by atoms with Crippen LogP contribution in [-0.2, 0) is 19.6 Å². The Balaban J connectivity index is 1.70. The van der Waals surface area contributed by atoms with Gasteiger partial charge < -0.3 is 15.0 Å². The van der Waals surface area contributed by atoms with E-state index in [1.165, 1.54) is 6.07 Å². The third-order valence-corrected chi connectivity index (χ3v) is 3.77. The van der Waals surface area contributed by atoms with Crippen molar-refractivity contribution < 1.29 is 9.13 Å². The van der Waals surface area contributed by atoms with Crippen LogP contribution >= 0.6 is 0 Å². The van der Waals surface area contributed by atoms with Crippen molar-refractivity contribution in [2.75, 3.05) is 0 Å². The highest BCUT2D eigenvalue weighted by atomic mass is 19.1. The SMILES string of the molecule is CC(N)c1ccc(OCc2nnc3n2CCCC3)cc1F. The third-order valence-electron chi connectivity index (χ3n) is 3.77. The summed E-state index contributed by atoms with van der Waals surface area (Å²) < 4.78 is 21.6. The highest BCUT2D eigenvalue weighted by Crippen LogP contribution is 2.22. The standard InChI is InChI=1S/C15H19FN4O/c1-10(17)12-6-5-11(8-13(12)16)21-9-15-19-18-14-4-2-3-7-20(14)15/h5-6,8,10H,2-4,7,9,17H2,1H3. The largest absolute Gasteiger partial charge is 0.486 e. The van der Waals surface area contributed by atoms with Gasteiger partial charge in [0.2, 0.25) is 0 Å². The first kappa shape index (κ1) is 14.0. The van der Waals surface area contributed by atoms with Crippen molar-refractivity contribution in [1.82, 2.24) is 14.8 Å². The van der Waals surface area contributed by atoms with E-state index in [2.05, 4.69) is 14.8 Å². The number of hydrogen-bond acceptors (Lipinski definition) is 4. The highest BCUT2D eigenvalue weighted by molar-refractivity contribution is 5.30. The molecule has 0 bridgehead atoms. The van der Waals surface area contributed by atoms with E-state index >= 15 is 0 Å². The monoisotopic (exact) mass is 290 g/mol. The number of fused-ring (bicyclic) bond motifs is 1. The fourth-order valence-electron chi connectivity index (χ4n) is 2.59. The number of hydrogen-bond donors (Lipinski definition) is 1. The predicted octanol–water partition coefficient (Wildman–Crippen LogP) is 2.35. The summed E-state index contributed by atoms with van der Waals surface area (Å²) >= 11 is 0. The van der Waals surface area contributed by atoms with Crippen molar-refractivity contribution in [2.24, 2.45) is 5.73 Å². The smallest absolute Gasteiger partial charge is 0.171 e. The first-order valence-corrected chi connectivity index (χ1v) is 7.24. The van der Waals surface area contributed by atoms with Crippen LogP contribution in [0.5, 0.6) is 5.75 Å². The molecule has 2 aromatic rings. The van der Waals surface area contributed by atoms with Crippen LogP contribution in [0, 0.1) is 5.82 Å². The van der Waals surface area contributed by atoms with Crippen LogP contribution in [0.25, 0.3) is 0 Å². The first-order chi connectivity index (χ1) is 10.1. The minimum absolute atomic E-state index is 0.296. The zero-order valence-corrected chi connectivity index (χ0v) is 12.1. The van der Waals surface area contributed by atoms with Gasteiger partial charge >= 0.3 is 0 Å². The topological polar surface area (TPSA) is 66.0 Å². The second-order valence-corrected chi connectivity index (χ2v) is 5.40. The van der Waals surface area contributed by atoms with Crippen molar-refractivity contribution in [3.63, 3.8) is 0 Å². The fraction of sp³-hybridized carbons (Fsp3) is 0.467. The number of nitrogens with zero attached hydrogens (tertiary/aromatic N) is 3. The summed E-state index contributed by atoms with van der Waals surface area (Å²) in [5, 5.41) is 8.32. The van der Waals surface area contributed by atoms with Gasteiger partial charge in [0, 0.05) is 30.6 Å². The average molecular weight is 290 g/mol. The van der Waals surface area contributed by atoms with Crippen molar-refractivity contribution in [1.29, 1.82) is 0 Å². The Morgan fingerprint density at radius 3 is 3.00 bits per heavy atom. The van der Waals surface area contributed by atoms with E-state index in [0.717, 1.165) is 37.5 Å². The zero-order chi connectivity index (χ0) is 14.8. The van der Waals surface area contributed by atoms with Gasteiger partial charge in [-0.1, -0.05) is 6.07 Å². The van der Waals surface area contributed by atoms with Crippen LogP contribution in [0.4, 0.5) is 4.39 Å². The van der Waals surface area contributed by atoms with E-state index in [4.69, 9.17) is 10.5 Å². The van der Waals surface area contributed by atoms with Crippen LogP contribution in [0.2, 0.25) is 0 Å². The van der Waals surface area contributed by atoms with Crippen molar-refractivity contribution in [2.45, 2.75) is 45.4 Å². The normalized spacial score (nSPS) is 15.6. The maximum absolute atomic E-state index is 13.8. The predicted molar refractivity (Wildman–Crippen MR) is 76.3 cm³/mol. The molecule has 0 saturated heterocycles. The first-order valence-electron chi connectivity index (χ1n) is 7.24. The Labute approximate surface area is 122 Å². The molecule has 0 amide bonds. The quantitative estimate of drug-likeness (QED) is 0.938. The molecule has 21 heavy (non-hydrogen) atoms. The molecule has 1 unspecified atom stereocenters. The number of nitrogens with two attached hydrogens (primary N) is 1. The van der Waals surface area contributed by atoms with Gasteiger partial charge in [-0.05, 0) is 25.8 Å². The van der Waals surface area contributed by atoms with Crippen LogP contribution in [0.1, 0.15) is 43.0 Å². The summed E-state index contributed by atoms with van der Waals surface area (Å²) in [6.45, 7) is 2.98. The molecule has 0 radical (unpaired) electrons. The molecule has 1 aromatic carbocycles. The number of rotatable bonds is 4. The maximum Gasteiger partial charge on any atom is 0.171 e. The Morgan fingerprint density at radius 1 is 1.38 bits per heavy atom. The molecule has 0 saturated carbocycles. The highest BCUT2D eigenvalue weighted by Gasteiger charge is 2.16. The Hall–Kier alpha value is -1.95. The molecule has 3 rings (SSSR count). The number of benzene rings is 1. The molecule has 0 spiro atoms. The van der Waals surface area contributed by atoms with Gasteiger partial charge in [-0.15, -0.1) is 10.2 Å². The van der Waals surface area contributed by atoms with E-state index in [1.54, 1.807) is 19.1 Å². The van der Waals surface area contributed by atoms with E-state index in [-0.39, 0.29) is 11.9 Å². The summed E-state index contributed by atoms with van der Waals surface area (Å²) in [5.41, 5.74) is 6.18. The van der Waals surface area contributed by atoms with E-state index in [0.29, 0.717) is 17.9 Å². The minimum Gasteiger partial charge on any atom is -0.486 e. The lowest BCUT2D eigenvalue weighted by Crippen LogP contribution is -2.14. The van der Waals surface area contributed by atoms with Gasteiger partial charge in [-0.2, -0.15) is 0 Å². The number of aromatic nitrogens is 3. The van der Waals surface area contributed by atoms with Gasteiger partial charge in [0.05, 0.1) is 0 Å². The van der Waals surface area contributed by atoms with Crippen molar-refractivity contribution in [3.8, 4) is 5.75 Å². The summed E-state index contributed by atoms with van der Waals surface area (Å²) in [6, 6.07) is 4.43.